The molecule has 0 saturated heterocycles. The Bertz CT molecular complexity index is 260. The van der Waals surface area contributed by atoms with Crippen molar-refractivity contribution in [1.29, 1.82) is 0 Å². The van der Waals surface area contributed by atoms with E-state index in [1.807, 2.05) is 42.6 Å². The molecule has 0 radical (unpaired) electrons. The van der Waals surface area contributed by atoms with Crippen LogP contribution >= 0.6 is 0 Å². The second-order valence-corrected chi connectivity index (χ2v) is 3.02. The zero-order valence-electron chi connectivity index (χ0n) is 9.82. The largest absolute Gasteiger partial charge is 0.378 e. The lowest BCUT2D eigenvalue weighted by Gasteiger charge is -2.12. The highest BCUT2D eigenvalue weighted by atomic mass is 15.1. The van der Waals surface area contributed by atoms with E-state index in [-0.39, 0.29) is 0 Å². The van der Waals surface area contributed by atoms with Crippen LogP contribution in [-0.2, 0) is 0 Å². The summed E-state index contributed by atoms with van der Waals surface area (Å²) in [6, 6.07) is 10.0. The molecule has 0 aliphatic rings. The van der Waals surface area contributed by atoms with Crippen molar-refractivity contribution in [3.8, 4) is 0 Å². The molecule has 0 bridgehead atoms. The Labute approximate surface area is 93.7 Å². The van der Waals surface area contributed by atoms with Gasteiger partial charge in [0.2, 0.25) is 0 Å². The summed E-state index contributed by atoms with van der Waals surface area (Å²) in [4.78, 5) is 2.14. The molecule has 1 heteroatoms. The fraction of sp³-hybridized carbons (Fsp3) is 0.286. The predicted octanol–water partition coefficient (Wildman–Crippen LogP) is 3.80. The average molecular weight is 203 g/mol. The van der Waals surface area contributed by atoms with Crippen LogP contribution in [0.5, 0.6) is 0 Å². The van der Waals surface area contributed by atoms with Crippen molar-refractivity contribution in [3.63, 3.8) is 0 Å². The molecular formula is C14H21N. The first kappa shape index (κ1) is 13.5. The minimum Gasteiger partial charge on any atom is -0.378 e. The van der Waals surface area contributed by atoms with Gasteiger partial charge in [0.05, 0.1) is 0 Å². The molecule has 0 spiro atoms. The number of rotatable bonds is 4. The summed E-state index contributed by atoms with van der Waals surface area (Å²) in [6.45, 7) is 13.6. The minimum atomic E-state index is 1.07. The van der Waals surface area contributed by atoms with Gasteiger partial charge in [0.1, 0.15) is 0 Å². The number of hydrogen-bond acceptors (Lipinski definition) is 1. The van der Waals surface area contributed by atoms with Gasteiger partial charge in [-0.2, -0.15) is 0 Å². The van der Waals surface area contributed by atoms with Gasteiger partial charge >= 0.3 is 0 Å². The summed E-state index contributed by atoms with van der Waals surface area (Å²) in [7, 11) is 0. The van der Waals surface area contributed by atoms with E-state index in [0.29, 0.717) is 0 Å². The molecule has 0 fully saturated rings. The monoisotopic (exact) mass is 203 g/mol. The Kier molecular flexibility index (Phi) is 8.16. The smallest absolute Gasteiger partial charge is 0.0143 e. The van der Waals surface area contributed by atoms with E-state index in [9.17, 15) is 0 Å². The lowest BCUT2D eigenvalue weighted by Crippen LogP contribution is -2.14. The lowest BCUT2D eigenvalue weighted by molar-refractivity contribution is 0.420. The molecule has 0 saturated carbocycles. The SMILES string of the molecule is C=CN(CC)CC.C=Cc1ccccc1. The van der Waals surface area contributed by atoms with Crippen molar-refractivity contribution in [2.75, 3.05) is 13.1 Å². The van der Waals surface area contributed by atoms with Crippen molar-refractivity contribution >= 4 is 6.08 Å². The first-order valence-corrected chi connectivity index (χ1v) is 5.32. The average Bonchev–Trinajstić information content (AvgIpc) is 2.33. The Morgan fingerprint density at radius 2 is 1.60 bits per heavy atom. The maximum absolute atomic E-state index is 3.63. The van der Waals surface area contributed by atoms with Crippen LogP contribution in [0.4, 0.5) is 0 Å². The number of benzene rings is 1. The van der Waals surface area contributed by atoms with E-state index < -0.39 is 0 Å². The molecule has 0 unspecified atom stereocenters. The third kappa shape index (κ3) is 6.55. The molecule has 1 aromatic rings. The Morgan fingerprint density at radius 3 is 1.80 bits per heavy atom. The lowest BCUT2D eigenvalue weighted by atomic mass is 10.2. The van der Waals surface area contributed by atoms with Crippen molar-refractivity contribution in [1.82, 2.24) is 4.90 Å². The second-order valence-electron chi connectivity index (χ2n) is 3.02. The summed E-state index contributed by atoms with van der Waals surface area (Å²) >= 11 is 0. The summed E-state index contributed by atoms with van der Waals surface area (Å²) < 4.78 is 0. The Hall–Kier alpha value is -1.50. The Balaban J connectivity index is 0.000000265. The molecule has 15 heavy (non-hydrogen) atoms. The van der Waals surface area contributed by atoms with Crippen molar-refractivity contribution in [2.45, 2.75) is 13.8 Å². The molecule has 82 valence electrons. The second kappa shape index (κ2) is 9.07. The van der Waals surface area contributed by atoms with Crippen LogP contribution in [0, 0.1) is 0 Å². The molecule has 1 aromatic carbocycles. The summed E-state index contributed by atoms with van der Waals surface area (Å²) in [5.74, 6) is 0. The quantitative estimate of drug-likeness (QED) is 0.719. The molecule has 0 N–H and O–H groups in total. The maximum atomic E-state index is 3.63. The van der Waals surface area contributed by atoms with Gasteiger partial charge in [-0.1, -0.05) is 49.6 Å². The molecule has 1 rings (SSSR count). The van der Waals surface area contributed by atoms with Gasteiger partial charge in [-0.3, -0.25) is 0 Å². The fourth-order valence-corrected chi connectivity index (χ4v) is 1.07. The zero-order chi connectivity index (χ0) is 11.5. The van der Waals surface area contributed by atoms with Crippen LogP contribution < -0.4 is 0 Å². The number of nitrogens with zero attached hydrogens (tertiary/aromatic N) is 1. The van der Waals surface area contributed by atoms with Crippen LogP contribution in [0.1, 0.15) is 19.4 Å². The van der Waals surface area contributed by atoms with Crippen LogP contribution in [-0.4, -0.2) is 18.0 Å². The highest BCUT2D eigenvalue weighted by molar-refractivity contribution is 5.45. The van der Waals surface area contributed by atoms with E-state index in [1.54, 1.807) is 0 Å². The van der Waals surface area contributed by atoms with Crippen molar-refractivity contribution < 1.29 is 0 Å². The number of hydrogen-bond donors (Lipinski definition) is 0. The molecular weight excluding hydrogens is 182 g/mol. The van der Waals surface area contributed by atoms with E-state index in [4.69, 9.17) is 0 Å². The van der Waals surface area contributed by atoms with Gasteiger partial charge < -0.3 is 4.90 Å². The van der Waals surface area contributed by atoms with Crippen molar-refractivity contribution in [3.05, 3.63) is 55.3 Å². The maximum Gasteiger partial charge on any atom is 0.0143 e. The third-order valence-corrected chi connectivity index (χ3v) is 2.11. The fourth-order valence-electron chi connectivity index (χ4n) is 1.07. The van der Waals surface area contributed by atoms with Crippen LogP contribution in [0.3, 0.4) is 0 Å². The van der Waals surface area contributed by atoms with E-state index in [2.05, 4.69) is 31.9 Å². The van der Waals surface area contributed by atoms with E-state index >= 15 is 0 Å². The first-order valence-electron chi connectivity index (χ1n) is 5.32. The highest BCUT2D eigenvalue weighted by Gasteiger charge is 1.83. The summed E-state index contributed by atoms with van der Waals surface area (Å²) in [6.07, 6.45) is 3.69. The molecule has 0 amide bonds. The highest BCUT2D eigenvalue weighted by Crippen LogP contribution is 1.97. The van der Waals surface area contributed by atoms with Crippen LogP contribution in [0.2, 0.25) is 0 Å². The molecule has 0 aliphatic carbocycles. The van der Waals surface area contributed by atoms with Crippen LogP contribution in [0.15, 0.2) is 49.7 Å². The first-order chi connectivity index (χ1) is 7.28. The standard InChI is InChI=1S/C8H8.C6H13N/c1-2-8-6-4-3-5-7-8;1-4-7(5-2)6-3/h2-7H,1H2;4H,1,5-6H2,2-3H3. The predicted molar refractivity (Wildman–Crippen MR) is 69.7 cm³/mol. The third-order valence-electron chi connectivity index (χ3n) is 2.11. The van der Waals surface area contributed by atoms with Gasteiger partial charge in [-0.15, -0.1) is 0 Å². The molecule has 0 aliphatic heterocycles. The van der Waals surface area contributed by atoms with E-state index in [0.717, 1.165) is 13.1 Å². The van der Waals surface area contributed by atoms with Crippen LogP contribution in [0.25, 0.3) is 6.08 Å². The van der Waals surface area contributed by atoms with E-state index in [1.165, 1.54) is 5.56 Å². The zero-order valence-corrected chi connectivity index (χ0v) is 9.82. The van der Waals surface area contributed by atoms with Gasteiger partial charge in [0.25, 0.3) is 0 Å². The summed E-state index contributed by atoms with van der Waals surface area (Å²) in [5, 5.41) is 0. The van der Waals surface area contributed by atoms with Crippen molar-refractivity contribution in [2.24, 2.45) is 0 Å². The van der Waals surface area contributed by atoms with Gasteiger partial charge in [-0.05, 0) is 25.6 Å². The molecule has 1 nitrogen and oxygen atoms in total. The minimum absolute atomic E-state index is 1.07. The van der Waals surface area contributed by atoms with Gasteiger partial charge in [0, 0.05) is 13.1 Å². The van der Waals surface area contributed by atoms with Gasteiger partial charge in [0.15, 0.2) is 0 Å². The molecule has 0 heterocycles. The van der Waals surface area contributed by atoms with Gasteiger partial charge in [-0.25, -0.2) is 0 Å². The summed E-state index contributed by atoms with van der Waals surface area (Å²) in [5.41, 5.74) is 1.17. The normalized spacial score (nSPS) is 8.40. The molecule has 0 atom stereocenters. The topological polar surface area (TPSA) is 3.24 Å². The Morgan fingerprint density at radius 1 is 1.07 bits per heavy atom. The molecule has 0 aromatic heterocycles.